The zero-order chi connectivity index (χ0) is 9.64. The second-order valence-electron chi connectivity index (χ2n) is 4.14. The highest BCUT2D eigenvalue weighted by atomic mass is 14.1. The molecule has 0 radical (unpaired) electrons. The zero-order valence-corrected chi connectivity index (χ0v) is 8.65. The maximum absolute atomic E-state index is 2.41. The first-order valence-corrected chi connectivity index (χ1v) is 5.66. The predicted molar refractivity (Wildman–Crippen MR) is 61.2 cm³/mol. The van der Waals surface area contributed by atoms with Crippen molar-refractivity contribution in [1.29, 1.82) is 0 Å². The average molecular weight is 186 g/mol. The minimum absolute atomic E-state index is 0.837. The molecule has 0 fully saturated rings. The molecule has 0 amide bonds. The fourth-order valence-electron chi connectivity index (χ4n) is 2.12. The largest absolute Gasteiger partial charge is 0.0883 e. The van der Waals surface area contributed by atoms with Gasteiger partial charge >= 0.3 is 0 Å². The Morgan fingerprint density at radius 2 is 2.00 bits per heavy atom. The van der Waals surface area contributed by atoms with Crippen molar-refractivity contribution in [3.63, 3.8) is 0 Å². The number of rotatable bonds is 3. The molecular formula is C14H18. The smallest absolute Gasteiger partial charge is 0.0230 e. The zero-order valence-electron chi connectivity index (χ0n) is 8.65. The molecule has 0 heteroatoms. The molecule has 1 aromatic carbocycles. The number of allylic oxidation sites excluding steroid dienone is 2. The Hall–Kier alpha value is -1.04. The van der Waals surface area contributed by atoms with Crippen molar-refractivity contribution in [3.8, 4) is 0 Å². The standard InChI is InChI=1S/C14H18/c1-3-7-13(8-4-1)11-12-14-9-5-2-6-10-14/h1,3-5,7-9,14H,2,6,10-12H2/t14-/m0/s1. The third-order valence-corrected chi connectivity index (χ3v) is 3.00. The molecule has 0 heterocycles. The second kappa shape index (κ2) is 4.99. The van der Waals surface area contributed by atoms with E-state index in [1.165, 1.54) is 37.7 Å². The van der Waals surface area contributed by atoms with Gasteiger partial charge in [-0.1, -0.05) is 42.5 Å². The van der Waals surface area contributed by atoms with Crippen LogP contribution in [-0.4, -0.2) is 0 Å². The van der Waals surface area contributed by atoms with Gasteiger partial charge < -0.3 is 0 Å². The Morgan fingerprint density at radius 3 is 2.71 bits per heavy atom. The van der Waals surface area contributed by atoms with Gasteiger partial charge in [0.25, 0.3) is 0 Å². The Morgan fingerprint density at radius 1 is 1.14 bits per heavy atom. The van der Waals surface area contributed by atoms with Crippen molar-refractivity contribution in [3.05, 3.63) is 48.0 Å². The van der Waals surface area contributed by atoms with Gasteiger partial charge in [-0.3, -0.25) is 0 Å². The Kier molecular flexibility index (Phi) is 3.39. The molecule has 74 valence electrons. The lowest BCUT2D eigenvalue weighted by Gasteiger charge is -2.15. The summed E-state index contributed by atoms with van der Waals surface area (Å²) in [7, 11) is 0. The third kappa shape index (κ3) is 2.73. The second-order valence-corrected chi connectivity index (χ2v) is 4.14. The molecule has 0 unspecified atom stereocenters. The van der Waals surface area contributed by atoms with Crippen LogP contribution in [0.4, 0.5) is 0 Å². The van der Waals surface area contributed by atoms with E-state index in [1.54, 1.807) is 0 Å². The van der Waals surface area contributed by atoms with Crippen LogP contribution in [0.25, 0.3) is 0 Å². The molecular weight excluding hydrogens is 168 g/mol. The van der Waals surface area contributed by atoms with Crippen molar-refractivity contribution in [2.24, 2.45) is 5.92 Å². The van der Waals surface area contributed by atoms with Gasteiger partial charge in [0, 0.05) is 0 Å². The highest BCUT2D eigenvalue weighted by molar-refractivity contribution is 5.15. The van der Waals surface area contributed by atoms with Crippen molar-refractivity contribution in [2.75, 3.05) is 0 Å². The van der Waals surface area contributed by atoms with Crippen molar-refractivity contribution in [2.45, 2.75) is 32.1 Å². The molecule has 0 saturated carbocycles. The maximum atomic E-state index is 2.41. The number of hydrogen-bond donors (Lipinski definition) is 0. The van der Waals surface area contributed by atoms with Crippen LogP contribution in [-0.2, 0) is 6.42 Å². The van der Waals surface area contributed by atoms with Gasteiger partial charge in [0.05, 0.1) is 0 Å². The lowest BCUT2D eigenvalue weighted by atomic mass is 9.90. The van der Waals surface area contributed by atoms with Gasteiger partial charge in [-0.15, -0.1) is 0 Å². The van der Waals surface area contributed by atoms with E-state index in [9.17, 15) is 0 Å². The van der Waals surface area contributed by atoms with E-state index >= 15 is 0 Å². The summed E-state index contributed by atoms with van der Waals surface area (Å²) < 4.78 is 0. The molecule has 0 saturated heterocycles. The predicted octanol–water partition coefficient (Wildman–Crippen LogP) is 3.98. The molecule has 0 N–H and O–H groups in total. The van der Waals surface area contributed by atoms with Gasteiger partial charge in [0.2, 0.25) is 0 Å². The highest BCUT2D eigenvalue weighted by Crippen LogP contribution is 2.21. The lowest BCUT2D eigenvalue weighted by molar-refractivity contribution is 0.506. The number of benzene rings is 1. The molecule has 0 bridgehead atoms. The van der Waals surface area contributed by atoms with Gasteiger partial charge in [0.1, 0.15) is 0 Å². The van der Waals surface area contributed by atoms with Gasteiger partial charge in [-0.25, -0.2) is 0 Å². The van der Waals surface area contributed by atoms with E-state index in [2.05, 4.69) is 42.5 Å². The molecule has 1 aliphatic rings. The molecule has 1 atom stereocenters. The summed E-state index contributed by atoms with van der Waals surface area (Å²) in [5.74, 6) is 0.837. The summed E-state index contributed by atoms with van der Waals surface area (Å²) >= 11 is 0. The SMILES string of the molecule is C1=C[C@H](CCc2ccccc2)CCC1. The molecule has 0 nitrogen and oxygen atoms in total. The summed E-state index contributed by atoms with van der Waals surface area (Å²) in [6.45, 7) is 0. The summed E-state index contributed by atoms with van der Waals surface area (Å²) in [5, 5.41) is 0. The normalized spacial score (nSPS) is 21.0. The molecule has 14 heavy (non-hydrogen) atoms. The van der Waals surface area contributed by atoms with E-state index in [1.807, 2.05) is 0 Å². The summed E-state index contributed by atoms with van der Waals surface area (Å²) in [5.41, 5.74) is 1.48. The van der Waals surface area contributed by atoms with Crippen LogP contribution in [0.3, 0.4) is 0 Å². The van der Waals surface area contributed by atoms with E-state index in [4.69, 9.17) is 0 Å². The van der Waals surface area contributed by atoms with Crippen LogP contribution < -0.4 is 0 Å². The Bertz CT molecular complexity index is 284. The van der Waals surface area contributed by atoms with E-state index in [0.29, 0.717) is 0 Å². The minimum atomic E-state index is 0.837. The molecule has 1 aromatic rings. The first-order valence-electron chi connectivity index (χ1n) is 5.66. The molecule has 0 aromatic heterocycles. The number of aryl methyl sites for hydroxylation is 1. The molecule has 1 aliphatic carbocycles. The summed E-state index contributed by atoms with van der Waals surface area (Å²) in [6.07, 6.45) is 11.4. The van der Waals surface area contributed by atoms with Crippen molar-refractivity contribution in [1.82, 2.24) is 0 Å². The first kappa shape index (κ1) is 9.51. The Balaban J connectivity index is 1.82. The van der Waals surface area contributed by atoms with Crippen LogP contribution >= 0.6 is 0 Å². The van der Waals surface area contributed by atoms with Crippen LogP contribution in [0.15, 0.2) is 42.5 Å². The fourth-order valence-corrected chi connectivity index (χ4v) is 2.12. The topological polar surface area (TPSA) is 0 Å². The summed E-state index contributed by atoms with van der Waals surface area (Å²) in [4.78, 5) is 0. The highest BCUT2D eigenvalue weighted by Gasteiger charge is 2.07. The average Bonchev–Trinajstić information content (AvgIpc) is 2.29. The van der Waals surface area contributed by atoms with Crippen LogP contribution in [0.5, 0.6) is 0 Å². The van der Waals surface area contributed by atoms with Crippen LogP contribution in [0, 0.1) is 5.92 Å². The van der Waals surface area contributed by atoms with E-state index in [0.717, 1.165) is 5.92 Å². The molecule has 2 rings (SSSR count). The monoisotopic (exact) mass is 186 g/mol. The minimum Gasteiger partial charge on any atom is -0.0883 e. The van der Waals surface area contributed by atoms with E-state index < -0.39 is 0 Å². The van der Waals surface area contributed by atoms with Gasteiger partial charge in [0.15, 0.2) is 0 Å². The molecule has 0 aliphatic heterocycles. The fraction of sp³-hybridized carbons (Fsp3) is 0.429. The lowest BCUT2D eigenvalue weighted by Crippen LogP contribution is -2.02. The van der Waals surface area contributed by atoms with E-state index in [-0.39, 0.29) is 0 Å². The van der Waals surface area contributed by atoms with Gasteiger partial charge in [-0.2, -0.15) is 0 Å². The maximum Gasteiger partial charge on any atom is -0.0230 e. The summed E-state index contributed by atoms with van der Waals surface area (Å²) in [6, 6.07) is 10.8. The van der Waals surface area contributed by atoms with Crippen LogP contribution in [0.1, 0.15) is 31.2 Å². The quantitative estimate of drug-likeness (QED) is 0.626. The van der Waals surface area contributed by atoms with Crippen molar-refractivity contribution >= 4 is 0 Å². The van der Waals surface area contributed by atoms with Gasteiger partial charge in [-0.05, 0) is 43.6 Å². The van der Waals surface area contributed by atoms with Crippen LogP contribution in [0.2, 0.25) is 0 Å². The Labute approximate surface area is 86.7 Å². The third-order valence-electron chi connectivity index (χ3n) is 3.00. The molecule has 0 spiro atoms. The van der Waals surface area contributed by atoms with Crippen molar-refractivity contribution < 1.29 is 0 Å². The first-order chi connectivity index (χ1) is 6.95. The number of hydrogen-bond acceptors (Lipinski definition) is 0.